The molecule has 114 valence electrons. The first-order chi connectivity index (χ1) is 10.3. The summed E-state index contributed by atoms with van der Waals surface area (Å²) in [5.74, 6) is 0. The first kappa shape index (κ1) is 16.1. The Morgan fingerprint density at radius 1 is 1.09 bits per heavy atom. The molecule has 0 amide bonds. The van der Waals surface area contributed by atoms with Gasteiger partial charge in [-0.15, -0.1) is 3.89 Å². The average Bonchev–Trinajstić information content (AvgIpc) is 2.45. The van der Waals surface area contributed by atoms with Crippen LogP contribution in [0.2, 0.25) is 5.02 Å². The summed E-state index contributed by atoms with van der Waals surface area (Å²) in [7, 11) is -4.73. The van der Waals surface area contributed by atoms with Crippen LogP contribution in [-0.2, 0) is 10.2 Å². The van der Waals surface area contributed by atoms with Gasteiger partial charge >= 0.3 is 10.2 Å². The number of hydrogen-bond acceptors (Lipinski definition) is 4. The number of nitrogens with zero attached hydrogens (tertiary/aromatic N) is 1. The largest absolute Gasteiger partial charge is 0.332 e. The maximum absolute atomic E-state index is 12.7. The van der Waals surface area contributed by atoms with Gasteiger partial charge in [-0.3, -0.25) is 10.1 Å². The Morgan fingerprint density at radius 2 is 1.73 bits per heavy atom. The maximum Gasteiger partial charge on any atom is 0.332 e. The summed E-state index contributed by atoms with van der Waals surface area (Å²) in [6, 6.07) is 9.11. The van der Waals surface area contributed by atoms with Crippen molar-refractivity contribution in [2.75, 3.05) is 0 Å². The van der Waals surface area contributed by atoms with Crippen LogP contribution in [0.5, 0.6) is 0 Å². The molecule has 2 aromatic carbocycles. The summed E-state index contributed by atoms with van der Waals surface area (Å²) in [5.41, 5.74) is 0.941. The lowest BCUT2D eigenvalue weighted by Gasteiger charge is -1.99. The van der Waals surface area contributed by atoms with Crippen LogP contribution in [0, 0.1) is 10.1 Å². The van der Waals surface area contributed by atoms with Crippen molar-refractivity contribution in [2.45, 2.75) is 4.90 Å². The second-order valence-corrected chi connectivity index (χ2v) is 6.06. The maximum atomic E-state index is 12.7. The van der Waals surface area contributed by atoms with Crippen LogP contribution in [0.15, 0.2) is 47.4 Å². The highest BCUT2D eigenvalue weighted by molar-refractivity contribution is 7.86. The van der Waals surface area contributed by atoms with Crippen molar-refractivity contribution < 1.29 is 17.2 Å². The van der Waals surface area contributed by atoms with Gasteiger partial charge in [0.1, 0.15) is 0 Å². The van der Waals surface area contributed by atoms with Crippen molar-refractivity contribution in [2.24, 2.45) is 0 Å². The monoisotopic (exact) mass is 341 g/mol. The van der Waals surface area contributed by atoms with Gasteiger partial charge < -0.3 is 0 Å². The van der Waals surface area contributed by atoms with Crippen molar-refractivity contribution in [1.82, 2.24) is 0 Å². The van der Waals surface area contributed by atoms with Gasteiger partial charge in [-0.05, 0) is 29.3 Å². The van der Waals surface area contributed by atoms with Gasteiger partial charge in [0, 0.05) is 17.2 Å². The second-order valence-electron chi connectivity index (χ2n) is 4.30. The molecule has 0 aliphatic heterocycles. The van der Waals surface area contributed by atoms with E-state index in [1.165, 1.54) is 30.3 Å². The molecule has 0 unspecified atom stereocenters. The summed E-state index contributed by atoms with van der Waals surface area (Å²) in [6.07, 6.45) is 3.13. The van der Waals surface area contributed by atoms with Gasteiger partial charge in [0.2, 0.25) is 0 Å². The number of halogens is 2. The number of nitro groups is 1. The van der Waals surface area contributed by atoms with Gasteiger partial charge in [-0.1, -0.05) is 35.9 Å². The summed E-state index contributed by atoms with van der Waals surface area (Å²) in [6.45, 7) is 0. The van der Waals surface area contributed by atoms with E-state index >= 15 is 0 Å². The second kappa shape index (κ2) is 6.25. The molecule has 2 rings (SSSR count). The Balaban J connectivity index is 2.29. The van der Waals surface area contributed by atoms with Gasteiger partial charge in [-0.25, -0.2) is 0 Å². The third kappa shape index (κ3) is 3.90. The molecule has 0 saturated heterocycles. The number of hydrogen-bond donors (Lipinski definition) is 0. The average molecular weight is 342 g/mol. The SMILES string of the molecule is O=[N+]([O-])c1ccc(Cl)c(/C=C/c2ccc(S(=O)(=O)F)cc2)c1. The molecule has 0 aliphatic rings. The Hall–Kier alpha value is -2.25. The van der Waals surface area contributed by atoms with E-state index in [9.17, 15) is 22.4 Å². The fourth-order valence-corrected chi connectivity index (χ4v) is 2.34. The zero-order valence-electron chi connectivity index (χ0n) is 10.9. The van der Waals surface area contributed by atoms with Crippen LogP contribution in [-0.4, -0.2) is 13.3 Å². The van der Waals surface area contributed by atoms with Crippen LogP contribution in [0.3, 0.4) is 0 Å². The third-order valence-corrected chi connectivity index (χ3v) is 3.99. The summed E-state index contributed by atoms with van der Waals surface area (Å²) >= 11 is 5.95. The Kier molecular flexibility index (Phi) is 4.58. The number of nitro benzene ring substituents is 1. The molecular weight excluding hydrogens is 333 g/mol. The molecule has 0 heterocycles. The Bertz CT molecular complexity index is 848. The third-order valence-electron chi connectivity index (χ3n) is 2.81. The molecule has 2 aromatic rings. The minimum Gasteiger partial charge on any atom is -0.258 e. The normalized spacial score (nSPS) is 11.7. The van der Waals surface area contributed by atoms with Gasteiger partial charge in [0.25, 0.3) is 5.69 Å². The quantitative estimate of drug-likeness (QED) is 0.363. The topological polar surface area (TPSA) is 77.3 Å². The molecule has 8 heteroatoms. The van der Waals surface area contributed by atoms with Crippen molar-refractivity contribution in [3.63, 3.8) is 0 Å². The molecule has 5 nitrogen and oxygen atoms in total. The molecule has 0 aliphatic carbocycles. The number of rotatable bonds is 4. The first-order valence-electron chi connectivity index (χ1n) is 5.94. The van der Waals surface area contributed by atoms with Crippen LogP contribution < -0.4 is 0 Å². The van der Waals surface area contributed by atoms with E-state index in [4.69, 9.17) is 11.6 Å². The summed E-state index contributed by atoms with van der Waals surface area (Å²) in [4.78, 5) is 9.75. The van der Waals surface area contributed by atoms with Crippen molar-refractivity contribution in [1.29, 1.82) is 0 Å². The minimum atomic E-state index is -4.73. The van der Waals surface area contributed by atoms with Gasteiger partial charge in [0.15, 0.2) is 0 Å². The lowest BCUT2D eigenvalue weighted by molar-refractivity contribution is -0.384. The summed E-state index contributed by atoms with van der Waals surface area (Å²) in [5, 5.41) is 11.1. The number of non-ortho nitro benzene ring substituents is 1. The number of benzene rings is 2. The van der Waals surface area contributed by atoms with Crippen molar-refractivity contribution in [3.05, 3.63) is 68.7 Å². The predicted molar refractivity (Wildman–Crippen MR) is 81.8 cm³/mol. The molecule has 0 radical (unpaired) electrons. The minimum absolute atomic E-state index is 0.0945. The predicted octanol–water partition coefficient (Wildman–Crippen LogP) is 4.08. The van der Waals surface area contributed by atoms with Crippen LogP contribution in [0.1, 0.15) is 11.1 Å². The van der Waals surface area contributed by atoms with Crippen LogP contribution in [0.25, 0.3) is 12.2 Å². The van der Waals surface area contributed by atoms with Crippen molar-refractivity contribution >= 4 is 39.7 Å². The summed E-state index contributed by atoms with van der Waals surface area (Å²) < 4.78 is 34.2. The zero-order chi connectivity index (χ0) is 16.3. The lowest BCUT2D eigenvalue weighted by Crippen LogP contribution is -1.91. The molecule has 0 atom stereocenters. The van der Waals surface area contributed by atoms with E-state index in [-0.39, 0.29) is 5.69 Å². The highest BCUT2D eigenvalue weighted by Crippen LogP contribution is 2.24. The highest BCUT2D eigenvalue weighted by Gasteiger charge is 2.10. The van der Waals surface area contributed by atoms with Crippen LogP contribution >= 0.6 is 11.6 Å². The standard InChI is InChI=1S/C14H9ClFNO4S/c15-14-8-5-12(17(18)19)9-11(14)4-1-10-2-6-13(7-3-10)22(16,20)21/h1-9H/b4-1+. The van der Waals surface area contributed by atoms with Crippen LogP contribution in [0.4, 0.5) is 9.57 Å². The molecule has 0 saturated carbocycles. The molecular formula is C14H9ClFNO4S. The Morgan fingerprint density at radius 3 is 2.27 bits per heavy atom. The molecule has 0 fully saturated rings. The highest BCUT2D eigenvalue weighted by atomic mass is 35.5. The van der Waals surface area contributed by atoms with E-state index in [1.54, 1.807) is 12.2 Å². The fourth-order valence-electron chi connectivity index (χ4n) is 1.70. The van der Waals surface area contributed by atoms with Gasteiger partial charge in [0.05, 0.1) is 9.82 Å². The molecule has 0 N–H and O–H groups in total. The Labute approximate surface area is 131 Å². The molecule has 0 aromatic heterocycles. The first-order valence-corrected chi connectivity index (χ1v) is 7.70. The molecule has 22 heavy (non-hydrogen) atoms. The fraction of sp³-hybridized carbons (Fsp3) is 0. The molecule has 0 bridgehead atoms. The van der Waals surface area contributed by atoms with E-state index in [0.29, 0.717) is 16.1 Å². The van der Waals surface area contributed by atoms with E-state index < -0.39 is 20.0 Å². The van der Waals surface area contributed by atoms with E-state index in [1.807, 2.05) is 0 Å². The zero-order valence-corrected chi connectivity index (χ0v) is 12.5. The molecule has 0 spiro atoms. The van der Waals surface area contributed by atoms with E-state index in [2.05, 4.69) is 0 Å². The van der Waals surface area contributed by atoms with E-state index in [0.717, 1.165) is 12.1 Å². The van der Waals surface area contributed by atoms with Crippen molar-refractivity contribution in [3.8, 4) is 0 Å². The van der Waals surface area contributed by atoms with Gasteiger partial charge in [-0.2, -0.15) is 8.42 Å². The lowest BCUT2D eigenvalue weighted by atomic mass is 10.1. The smallest absolute Gasteiger partial charge is 0.258 e.